The molecule has 6 aromatic heterocycles. The monoisotopic (exact) mass is 1840 g/mol. The maximum Gasteiger partial charge on any atom is 0.333 e. The summed E-state index contributed by atoms with van der Waals surface area (Å²) in [4.78, 5) is 151. The van der Waals surface area contributed by atoms with Gasteiger partial charge in [-0.05, 0) is 163 Å². The van der Waals surface area contributed by atoms with E-state index in [1.807, 2.05) is 124 Å². The van der Waals surface area contributed by atoms with Crippen molar-refractivity contribution < 1.29 is 56.8 Å². The van der Waals surface area contributed by atoms with Gasteiger partial charge in [0, 0.05) is 122 Å². The van der Waals surface area contributed by atoms with Crippen LogP contribution in [0.1, 0.15) is 226 Å². The minimum Gasteiger partial charge on any atom is -0.378 e. The van der Waals surface area contributed by atoms with Crippen LogP contribution in [0.3, 0.4) is 0 Å². The molecule has 131 heavy (non-hydrogen) atoms. The molecule has 0 spiro atoms. The third-order valence-corrected chi connectivity index (χ3v) is 20.5. The molecule has 0 bridgehead atoms. The summed E-state index contributed by atoms with van der Waals surface area (Å²) >= 11 is 0. The Balaban J connectivity index is 0.000000215. The van der Waals surface area contributed by atoms with Crippen LogP contribution in [0.5, 0.6) is 0 Å². The molecular formula is C95H142N12O24. The van der Waals surface area contributed by atoms with E-state index in [0.29, 0.717) is 124 Å². The van der Waals surface area contributed by atoms with Crippen molar-refractivity contribution in [2.75, 3.05) is 72.7 Å². The minimum absolute atomic E-state index is 0.156. The molecule has 0 aliphatic carbocycles. The summed E-state index contributed by atoms with van der Waals surface area (Å²) in [5.41, 5.74) is -2.09. The number of aromatic amines is 3. The number of nitrogens with one attached hydrogen (secondary N) is 3. The molecule has 6 aliphatic rings. The van der Waals surface area contributed by atoms with E-state index in [1.54, 1.807) is 78.4 Å². The lowest BCUT2D eigenvalue weighted by molar-refractivity contribution is -0.0755. The zero-order valence-corrected chi connectivity index (χ0v) is 80.5. The average molecular weight is 1840 g/mol. The van der Waals surface area contributed by atoms with Gasteiger partial charge >= 0.3 is 34.1 Å². The Kier molecular flexibility index (Phi) is 42.8. The Morgan fingerprint density at radius 3 is 0.931 bits per heavy atom. The molecule has 36 nitrogen and oxygen atoms in total. The first-order chi connectivity index (χ1) is 62.0. The van der Waals surface area contributed by atoms with Crippen molar-refractivity contribution >= 4 is 0 Å². The first-order valence-corrected chi connectivity index (χ1v) is 45.5. The molecule has 6 aliphatic heterocycles. The van der Waals surface area contributed by atoms with Gasteiger partial charge in [-0.1, -0.05) is 125 Å². The number of aryl methyl sites for hydroxylation is 6. The quantitative estimate of drug-likeness (QED) is 0.0246. The average Bonchev–Trinajstić information content (AvgIpc) is 1.56. The molecule has 6 aromatic rings. The lowest BCUT2D eigenvalue weighted by Crippen LogP contribution is -2.49. The fourth-order valence-corrected chi connectivity index (χ4v) is 13.6. The standard InChI is InChI=1S/3C18H28N2O4.2C14H20N2O4.C13H18N2O4/c1-12-10-19(16(22)20(15(12)21)17(2,3)4)14-9-8-13(24-14)11-23-18(5,6)7;1-12(2)8-20-17(21)14(5)9-19(18(20)22)16-7-6-15(24-16)11-23-10-13(3)4;1-4-6-10-19-17(21)14(3)12-20(18(19)22)16-9-8-15(24-16)13-23-11-7-5-2;1-9(2)7-19-8-11-4-5-12(20-11)16-6-10(3)13(17)15-14(16)18;1-3-4-7-19-9-11-5-6-12(20-11)16-8-10(2)13(17)15-14(16)18;1-3-6-18-8-10-4-5-11(19-10)15-7-9(2)12(16)14-13(15)17/h8-10,13-14H,11H2,1-7H3;6-7,9,12-13,15-16H,8,10-11H2,1-5H3;8-9,12,15-16H,4-7,10-11,13H2,1-3H3;4-6,9,11-12H,7-8H2,1-3H3,(H,15,17,18);5-6,8,11-12H,3-4,7,9H2,1-2H3,(H,15,17,18);4-5,7,10-11H,3,6,8H2,1-2H3,(H,14,16,17)/t13-,14+;2*15-,16+;2*11-,12+;10-,11+/m000000/s1. The number of aromatic nitrogens is 12. The second-order valence-corrected chi connectivity index (χ2v) is 36.3. The number of hydrogen-bond donors (Lipinski definition) is 3. The summed E-state index contributed by atoms with van der Waals surface area (Å²) < 4.78 is 80.5. The Bertz CT molecular complexity index is 5650. The van der Waals surface area contributed by atoms with Crippen molar-refractivity contribution in [1.82, 2.24) is 56.1 Å². The second-order valence-electron chi connectivity index (χ2n) is 36.3. The number of ether oxygens (including phenoxy) is 12. The smallest absolute Gasteiger partial charge is 0.333 e. The van der Waals surface area contributed by atoms with Gasteiger partial charge in [0.05, 0.1) is 45.2 Å². The zero-order chi connectivity index (χ0) is 96.7. The molecule has 12 heterocycles. The molecule has 36 heteroatoms. The Morgan fingerprint density at radius 2 is 0.618 bits per heavy atom. The topological polar surface area (TPSA) is 407 Å². The lowest BCUT2D eigenvalue weighted by atomic mass is 10.1. The highest BCUT2D eigenvalue weighted by molar-refractivity contribution is 5.14. The van der Waals surface area contributed by atoms with Crippen molar-refractivity contribution in [3.63, 3.8) is 0 Å². The van der Waals surface area contributed by atoms with Gasteiger partial charge < -0.3 is 56.8 Å². The van der Waals surface area contributed by atoms with Crippen LogP contribution in [-0.2, 0) is 75.5 Å². The summed E-state index contributed by atoms with van der Waals surface area (Å²) in [5.74, 6) is 1.15. The van der Waals surface area contributed by atoms with Crippen LogP contribution in [-0.4, -0.2) is 171 Å². The SMILES string of the molecule is CCCCOC[C@@H]1C=C[C@H](n2cc(C)c(=O)[nH]c2=O)O1.CCCCOC[C@@H]1C=C[C@H](n2cc(C)c(=O)n(CCCC)c2=O)O1.CCCOC[C@@H]1C=C[C@H](n2cc(C)c(=O)[nH]c2=O)O1.Cc1cn([C@H]2C=C[C@@H](COC(C)(C)C)O2)c(=O)n(C(C)(C)C)c1=O.Cc1cn([C@H]2C=C[C@@H](COCC(C)C)O2)c(=O)[nH]c1=O.Cc1cn([C@H]2C=C[C@@H](COCC(C)C)O2)c(=O)n(CC(C)C)c1=O. The van der Waals surface area contributed by atoms with Gasteiger partial charge in [0.25, 0.3) is 33.4 Å². The van der Waals surface area contributed by atoms with Crippen LogP contribution < -0.4 is 67.5 Å². The Hall–Kier alpha value is -9.96. The zero-order valence-electron chi connectivity index (χ0n) is 80.5. The first kappa shape index (κ1) is 108. The predicted octanol–water partition coefficient (Wildman–Crippen LogP) is 9.64. The van der Waals surface area contributed by atoms with Crippen LogP contribution in [0.4, 0.5) is 0 Å². The molecule has 12 atom stereocenters. The molecule has 3 N–H and O–H groups in total. The Labute approximate surface area is 763 Å². The van der Waals surface area contributed by atoms with Crippen LogP contribution >= 0.6 is 0 Å². The van der Waals surface area contributed by atoms with E-state index < -0.39 is 60.0 Å². The summed E-state index contributed by atoms with van der Waals surface area (Å²) in [6, 6.07) is 0. The largest absolute Gasteiger partial charge is 0.378 e. The third-order valence-electron chi connectivity index (χ3n) is 20.5. The maximum atomic E-state index is 12.8. The Morgan fingerprint density at radius 1 is 0.328 bits per heavy atom. The lowest BCUT2D eigenvalue weighted by Gasteiger charge is -2.25. The molecule has 0 aromatic carbocycles. The highest BCUT2D eigenvalue weighted by Gasteiger charge is 2.32. The molecule has 12 rings (SSSR count). The van der Waals surface area contributed by atoms with Gasteiger partial charge in [0.1, 0.15) is 36.6 Å². The van der Waals surface area contributed by atoms with Gasteiger partial charge in [-0.3, -0.25) is 84.8 Å². The van der Waals surface area contributed by atoms with Crippen LogP contribution in [0.15, 0.2) is 168 Å². The fourth-order valence-electron chi connectivity index (χ4n) is 13.6. The first-order valence-electron chi connectivity index (χ1n) is 45.5. The molecule has 0 radical (unpaired) electrons. The normalized spacial score (nSPS) is 21.1. The molecule has 0 amide bonds. The van der Waals surface area contributed by atoms with E-state index in [1.165, 1.54) is 59.7 Å². The number of hydrogen-bond acceptors (Lipinski definition) is 24. The molecule has 0 saturated heterocycles. The van der Waals surface area contributed by atoms with Crippen LogP contribution in [0.25, 0.3) is 0 Å². The van der Waals surface area contributed by atoms with Crippen LogP contribution in [0.2, 0.25) is 0 Å². The molecular weight excluding hydrogens is 1690 g/mol. The van der Waals surface area contributed by atoms with Crippen molar-refractivity contribution in [3.05, 3.63) is 269 Å². The van der Waals surface area contributed by atoms with Crippen molar-refractivity contribution in [2.45, 2.75) is 295 Å². The summed E-state index contributed by atoms with van der Waals surface area (Å²) in [7, 11) is 0. The molecule has 0 unspecified atom stereocenters. The van der Waals surface area contributed by atoms with E-state index >= 15 is 0 Å². The highest BCUT2D eigenvalue weighted by atomic mass is 16.6. The van der Waals surface area contributed by atoms with Crippen LogP contribution in [0, 0.1) is 59.3 Å². The van der Waals surface area contributed by atoms with Gasteiger partial charge in [-0.15, -0.1) is 0 Å². The minimum atomic E-state index is -0.598. The molecule has 0 fully saturated rings. The number of H-pyrrole nitrogens is 3. The van der Waals surface area contributed by atoms with E-state index in [0.717, 1.165) is 51.6 Å². The summed E-state index contributed by atoms with van der Waals surface area (Å²) in [5, 5.41) is 0. The predicted molar refractivity (Wildman–Crippen MR) is 500 cm³/mol. The number of rotatable bonds is 35. The van der Waals surface area contributed by atoms with Crippen molar-refractivity contribution in [1.29, 1.82) is 0 Å². The maximum absolute atomic E-state index is 12.8. The van der Waals surface area contributed by atoms with Crippen molar-refractivity contribution in [2.24, 2.45) is 17.8 Å². The van der Waals surface area contributed by atoms with Crippen molar-refractivity contribution in [3.8, 4) is 0 Å². The molecule has 0 saturated carbocycles. The van der Waals surface area contributed by atoms with Gasteiger partial charge in [-0.25, -0.2) is 28.8 Å². The third kappa shape index (κ3) is 33.0. The summed E-state index contributed by atoms with van der Waals surface area (Å²) in [6.45, 7) is 49.3. The van der Waals surface area contributed by atoms with E-state index in [-0.39, 0.29) is 98.6 Å². The van der Waals surface area contributed by atoms with E-state index in [2.05, 4.69) is 56.5 Å². The van der Waals surface area contributed by atoms with Gasteiger partial charge in [-0.2, -0.15) is 0 Å². The fraction of sp³-hybridized carbons (Fsp3) is 0.621. The number of nitrogens with zero attached hydrogens (tertiary/aromatic N) is 9. The second kappa shape index (κ2) is 51.9. The van der Waals surface area contributed by atoms with Gasteiger partial charge in [0.15, 0.2) is 37.4 Å². The van der Waals surface area contributed by atoms with E-state index in [4.69, 9.17) is 56.8 Å². The van der Waals surface area contributed by atoms with Gasteiger partial charge in [0.2, 0.25) is 0 Å². The number of unbranched alkanes of at least 4 members (excludes halogenated alkanes) is 3. The highest BCUT2D eigenvalue weighted by Crippen LogP contribution is 2.27. The molecule has 726 valence electrons. The summed E-state index contributed by atoms with van der Waals surface area (Å²) in [6.07, 6.45) is 34.4. The van der Waals surface area contributed by atoms with E-state index in [9.17, 15) is 57.5 Å².